The molecular formula is C26H28F4N6O. The molecule has 1 unspecified atom stereocenters. The topological polar surface area (TPSA) is 74.7 Å². The second-order valence-corrected chi connectivity index (χ2v) is 9.11. The van der Waals surface area contributed by atoms with Crippen LogP contribution < -0.4 is 15.6 Å². The summed E-state index contributed by atoms with van der Waals surface area (Å²) >= 11 is 0. The highest BCUT2D eigenvalue weighted by Gasteiger charge is 2.30. The number of nitrogens with one attached hydrogen (secondary N) is 2. The Morgan fingerprint density at radius 1 is 1.16 bits per heavy atom. The molecule has 1 fully saturated rings. The zero-order valence-corrected chi connectivity index (χ0v) is 20.7. The normalized spacial score (nSPS) is 16.4. The highest BCUT2D eigenvalue weighted by Crippen LogP contribution is 2.31. The van der Waals surface area contributed by atoms with Gasteiger partial charge in [0.05, 0.1) is 30.7 Å². The number of aromatic nitrogens is 2. The van der Waals surface area contributed by atoms with Gasteiger partial charge in [0, 0.05) is 24.5 Å². The summed E-state index contributed by atoms with van der Waals surface area (Å²) in [5.74, 6) is 0.131. The van der Waals surface area contributed by atoms with Gasteiger partial charge >= 0.3 is 6.18 Å². The second-order valence-electron chi connectivity index (χ2n) is 9.11. The molecule has 11 heteroatoms. The molecular weight excluding hydrogens is 488 g/mol. The average Bonchev–Trinajstić information content (AvgIpc) is 2.86. The number of hydrogen-bond donors (Lipinski definition) is 2. The van der Waals surface area contributed by atoms with Crippen molar-refractivity contribution in [3.63, 3.8) is 0 Å². The fourth-order valence-corrected chi connectivity index (χ4v) is 3.90. The SMILES string of the molecule is Cc1cc(Nc2cccc(C(F)(F)F)c2)ccc1/C=N/Nc1ncc(F)c(N2CCOC(C(C)C)C2)n1. The predicted octanol–water partition coefficient (Wildman–Crippen LogP) is 5.99. The van der Waals surface area contributed by atoms with Crippen LogP contribution in [0.5, 0.6) is 0 Å². The summed E-state index contributed by atoms with van der Waals surface area (Å²) in [5, 5.41) is 7.16. The van der Waals surface area contributed by atoms with E-state index in [1.54, 1.807) is 30.5 Å². The van der Waals surface area contributed by atoms with Gasteiger partial charge in [-0.25, -0.2) is 14.8 Å². The predicted molar refractivity (Wildman–Crippen MR) is 136 cm³/mol. The van der Waals surface area contributed by atoms with E-state index in [1.807, 2.05) is 11.8 Å². The lowest BCUT2D eigenvalue weighted by molar-refractivity contribution is -0.137. The molecule has 0 aliphatic carbocycles. The van der Waals surface area contributed by atoms with E-state index in [-0.39, 0.29) is 17.9 Å². The Morgan fingerprint density at radius 2 is 1.95 bits per heavy atom. The van der Waals surface area contributed by atoms with Crippen molar-refractivity contribution in [2.45, 2.75) is 33.1 Å². The van der Waals surface area contributed by atoms with Crippen molar-refractivity contribution in [1.29, 1.82) is 0 Å². The van der Waals surface area contributed by atoms with E-state index < -0.39 is 17.6 Å². The molecule has 3 aromatic rings. The minimum atomic E-state index is -4.41. The molecule has 4 rings (SSSR count). The molecule has 37 heavy (non-hydrogen) atoms. The van der Waals surface area contributed by atoms with Gasteiger partial charge in [0.2, 0.25) is 5.95 Å². The first-order valence-electron chi connectivity index (χ1n) is 11.8. The molecule has 0 saturated carbocycles. The average molecular weight is 517 g/mol. The Labute approximate surface area is 212 Å². The van der Waals surface area contributed by atoms with E-state index in [9.17, 15) is 17.6 Å². The zero-order chi connectivity index (χ0) is 26.6. The maximum atomic E-state index is 14.5. The maximum absolute atomic E-state index is 14.5. The van der Waals surface area contributed by atoms with Crippen LogP contribution in [-0.4, -0.2) is 42.0 Å². The lowest BCUT2D eigenvalue weighted by Gasteiger charge is -2.35. The van der Waals surface area contributed by atoms with Crippen LogP contribution in [0, 0.1) is 18.7 Å². The molecule has 1 saturated heterocycles. The van der Waals surface area contributed by atoms with Gasteiger partial charge in [-0.05, 0) is 54.3 Å². The van der Waals surface area contributed by atoms with Crippen molar-refractivity contribution in [3.8, 4) is 0 Å². The first-order valence-corrected chi connectivity index (χ1v) is 11.8. The third kappa shape index (κ3) is 6.73. The molecule has 0 radical (unpaired) electrons. The van der Waals surface area contributed by atoms with Crippen molar-refractivity contribution in [1.82, 2.24) is 9.97 Å². The van der Waals surface area contributed by atoms with Crippen LogP contribution in [0.15, 0.2) is 53.8 Å². The first kappa shape index (κ1) is 26.3. The Balaban J connectivity index is 1.41. The lowest BCUT2D eigenvalue weighted by Crippen LogP contribution is -2.45. The van der Waals surface area contributed by atoms with E-state index in [1.165, 1.54) is 6.07 Å². The summed E-state index contributed by atoms with van der Waals surface area (Å²) in [7, 11) is 0. The van der Waals surface area contributed by atoms with Crippen LogP contribution in [-0.2, 0) is 10.9 Å². The number of alkyl halides is 3. The zero-order valence-electron chi connectivity index (χ0n) is 20.7. The summed E-state index contributed by atoms with van der Waals surface area (Å²) < 4.78 is 59.1. The van der Waals surface area contributed by atoms with Crippen LogP contribution in [0.4, 0.5) is 40.7 Å². The number of anilines is 4. The summed E-state index contributed by atoms with van der Waals surface area (Å²) in [6.07, 6.45) is -1.74. The minimum absolute atomic E-state index is 0.00781. The third-order valence-corrected chi connectivity index (χ3v) is 5.98. The first-order chi connectivity index (χ1) is 17.6. The van der Waals surface area contributed by atoms with Gasteiger partial charge in [-0.3, -0.25) is 0 Å². The summed E-state index contributed by atoms with van der Waals surface area (Å²) in [6.45, 7) is 7.53. The third-order valence-electron chi connectivity index (χ3n) is 5.98. The Hall–Kier alpha value is -3.73. The number of nitrogens with zero attached hydrogens (tertiary/aromatic N) is 4. The molecule has 2 heterocycles. The van der Waals surface area contributed by atoms with E-state index >= 15 is 0 Å². The molecule has 7 nitrogen and oxygen atoms in total. The molecule has 196 valence electrons. The summed E-state index contributed by atoms with van der Waals surface area (Å²) in [5.41, 5.74) is 4.61. The summed E-state index contributed by atoms with van der Waals surface area (Å²) in [4.78, 5) is 10.1. The molecule has 0 amide bonds. The number of morpholine rings is 1. The van der Waals surface area contributed by atoms with E-state index in [4.69, 9.17) is 4.74 Å². The van der Waals surface area contributed by atoms with Gasteiger partial charge in [-0.1, -0.05) is 26.0 Å². The fourth-order valence-electron chi connectivity index (χ4n) is 3.90. The van der Waals surface area contributed by atoms with Crippen LogP contribution in [0.3, 0.4) is 0 Å². The quantitative estimate of drug-likeness (QED) is 0.228. The minimum Gasteiger partial charge on any atom is -0.374 e. The number of aryl methyl sites for hydroxylation is 1. The highest BCUT2D eigenvalue weighted by molar-refractivity contribution is 5.83. The Bertz CT molecular complexity index is 1260. The van der Waals surface area contributed by atoms with Gasteiger partial charge in [-0.15, -0.1) is 0 Å². The Kier molecular flexibility index (Phi) is 7.91. The van der Waals surface area contributed by atoms with E-state index in [0.29, 0.717) is 37.0 Å². The van der Waals surface area contributed by atoms with Gasteiger partial charge in [0.1, 0.15) is 0 Å². The van der Waals surface area contributed by atoms with Crippen molar-refractivity contribution < 1.29 is 22.3 Å². The van der Waals surface area contributed by atoms with Gasteiger partial charge in [-0.2, -0.15) is 23.3 Å². The molecule has 2 N–H and O–H groups in total. The van der Waals surface area contributed by atoms with Crippen LogP contribution in [0.1, 0.15) is 30.5 Å². The number of benzene rings is 2. The van der Waals surface area contributed by atoms with E-state index in [0.717, 1.165) is 29.5 Å². The number of hydrazone groups is 1. The molecule has 0 spiro atoms. The smallest absolute Gasteiger partial charge is 0.374 e. The van der Waals surface area contributed by atoms with Gasteiger partial charge in [0.15, 0.2) is 11.6 Å². The van der Waals surface area contributed by atoms with Crippen molar-refractivity contribution >= 4 is 29.4 Å². The van der Waals surface area contributed by atoms with Gasteiger partial charge < -0.3 is 15.0 Å². The number of rotatable bonds is 7. The molecule has 1 atom stereocenters. The molecule has 0 bridgehead atoms. The van der Waals surface area contributed by atoms with E-state index in [2.05, 4.69) is 39.7 Å². The maximum Gasteiger partial charge on any atom is 0.416 e. The molecule has 1 aromatic heterocycles. The lowest BCUT2D eigenvalue weighted by atomic mass is 10.1. The van der Waals surface area contributed by atoms with Crippen molar-refractivity contribution in [2.75, 3.05) is 35.3 Å². The largest absolute Gasteiger partial charge is 0.416 e. The monoisotopic (exact) mass is 516 g/mol. The van der Waals surface area contributed by atoms with Crippen LogP contribution >= 0.6 is 0 Å². The van der Waals surface area contributed by atoms with Crippen LogP contribution in [0.25, 0.3) is 0 Å². The number of hydrogen-bond acceptors (Lipinski definition) is 7. The second kappa shape index (κ2) is 11.1. The molecule has 1 aliphatic rings. The molecule has 1 aliphatic heterocycles. The fraction of sp³-hybridized carbons (Fsp3) is 0.346. The number of ether oxygens (including phenoxy) is 1. The van der Waals surface area contributed by atoms with Crippen molar-refractivity contribution in [2.24, 2.45) is 11.0 Å². The van der Waals surface area contributed by atoms with Crippen LogP contribution in [0.2, 0.25) is 0 Å². The van der Waals surface area contributed by atoms with Gasteiger partial charge in [0.25, 0.3) is 0 Å². The summed E-state index contributed by atoms with van der Waals surface area (Å²) in [6, 6.07) is 10.3. The standard InChI is InChI=1S/C26H28F4N6O/c1-16(2)23-15-36(9-10-37-23)24-22(27)14-31-25(34-24)35-32-13-18-7-8-21(11-17(18)3)33-20-6-4-5-19(12-20)26(28,29)30/h4-8,11-14,16,23,33H,9-10,15H2,1-3H3,(H,31,34,35)/b32-13+. The van der Waals surface area contributed by atoms with Crippen molar-refractivity contribution in [3.05, 3.63) is 71.2 Å². The molecule has 2 aromatic carbocycles. The Morgan fingerprint density at radius 3 is 2.68 bits per heavy atom. The highest BCUT2D eigenvalue weighted by atomic mass is 19.4. The number of halogens is 4.